The Morgan fingerprint density at radius 2 is 1.85 bits per heavy atom. The molecular formula is C21H25ClN2O3. The van der Waals surface area contributed by atoms with Gasteiger partial charge in [0, 0.05) is 38.0 Å². The van der Waals surface area contributed by atoms with Crippen molar-refractivity contribution in [2.45, 2.75) is 26.3 Å². The summed E-state index contributed by atoms with van der Waals surface area (Å²) in [5, 5.41) is 3.56. The number of ether oxygens (including phenoxy) is 1. The van der Waals surface area contributed by atoms with Crippen LogP contribution in [0.25, 0.3) is 0 Å². The van der Waals surface area contributed by atoms with Gasteiger partial charge in [0.1, 0.15) is 5.75 Å². The smallest absolute Gasteiger partial charge is 0.221 e. The van der Waals surface area contributed by atoms with Gasteiger partial charge in [-0.1, -0.05) is 35.9 Å². The lowest BCUT2D eigenvalue weighted by molar-refractivity contribution is -0.130. The van der Waals surface area contributed by atoms with Crippen molar-refractivity contribution < 1.29 is 14.3 Å². The van der Waals surface area contributed by atoms with E-state index in [1.165, 1.54) is 6.92 Å². The second kappa shape index (κ2) is 10.6. The SMILES string of the molecule is COc1cccc(CCNC(=O)CCN(Cc2ccc(Cl)cc2)C(C)=O)c1. The third-order valence-corrected chi connectivity index (χ3v) is 4.46. The summed E-state index contributed by atoms with van der Waals surface area (Å²) < 4.78 is 5.19. The number of nitrogens with zero attached hydrogens (tertiary/aromatic N) is 1. The second-order valence-electron chi connectivity index (χ2n) is 6.27. The van der Waals surface area contributed by atoms with Crippen LogP contribution >= 0.6 is 11.6 Å². The Morgan fingerprint density at radius 1 is 1.11 bits per heavy atom. The van der Waals surface area contributed by atoms with Crippen molar-refractivity contribution in [2.24, 2.45) is 0 Å². The lowest BCUT2D eigenvalue weighted by Gasteiger charge is -2.21. The van der Waals surface area contributed by atoms with Gasteiger partial charge < -0.3 is 15.0 Å². The largest absolute Gasteiger partial charge is 0.497 e. The topological polar surface area (TPSA) is 58.6 Å². The summed E-state index contributed by atoms with van der Waals surface area (Å²) in [7, 11) is 1.63. The van der Waals surface area contributed by atoms with Gasteiger partial charge in [-0.15, -0.1) is 0 Å². The number of carbonyl (C=O) groups is 2. The van der Waals surface area contributed by atoms with E-state index in [1.54, 1.807) is 24.1 Å². The molecule has 2 amide bonds. The molecule has 0 radical (unpaired) electrons. The summed E-state index contributed by atoms with van der Waals surface area (Å²) in [5.41, 5.74) is 2.08. The van der Waals surface area contributed by atoms with Crippen molar-refractivity contribution >= 4 is 23.4 Å². The third-order valence-electron chi connectivity index (χ3n) is 4.21. The van der Waals surface area contributed by atoms with Crippen LogP contribution in [-0.2, 0) is 22.6 Å². The van der Waals surface area contributed by atoms with Gasteiger partial charge in [0.05, 0.1) is 7.11 Å². The minimum atomic E-state index is -0.0692. The van der Waals surface area contributed by atoms with Gasteiger partial charge in [0.25, 0.3) is 0 Å². The monoisotopic (exact) mass is 388 g/mol. The van der Waals surface area contributed by atoms with Crippen molar-refractivity contribution in [1.82, 2.24) is 10.2 Å². The van der Waals surface area contributed by atoms with Crippen LogP contribution in [0.1, 0.15) is 24.5 Å². The number of amides is 2. The molecule has 0 aliphatic heterocycles. The van der Waals surface area contributed by atoms with Gasteiger partial charge in [-0.2, -0.15) is 0 Å². The molecule has 5 nitrogen and oxygen atoms in total. The normalized spacial score (nSPS) is 10.3. The molecule has 0 aliphatic rings. The van der Waals surface area contributed by atoms with Crippen LogP contribution in [-0.4, -0.2) is 36.9 Å². The third kappa shape index (κ3) is 7.31. The minimum absolute atomic E-state index is 0.0610. The Labute approximate surface area is 165 Å². The van der Waals surface area contributed by atoms with E-state index in [1.807, 2.05) is 36.4 Å². The van der Waals surface area contributed by atoms with Crippen LogP contribution < -0.4 is 10.1 Å². The first-order valence-electron chi connectivity index (χ1n) is 8.87. The van der Waals surface area contributed by atoms with Crippen LogP contribution in [0.3, 0.4) is 0 Å². The molecular weight excluding hydrogens is 364 g/mol. The maximum absolute atomic E-state index is 12.1. The minimum Gasteiger partial charge on any atom is -0.497 e. The van der Waals surface area contributed by atoms with E-state index in [0.717, 1.165) is 23.3 Å². The van der Waals surface area contributed by atoms with Gasteiger partial charge in [-0.05, 0) is 41.8 Å². The fourth-order valence-electron chi connectivity index (χ4n) is 2.66. The lowest BCUT2D eigenvalue weighted by atomic mass is 10.1. The Kier molecular flexibility index (Phi) is 8.14. The molecule has 0 fully saturated rings. The van der Waals surface area contributed by atoms with Crippen molar-refractivity contribution in [3.8, 4) is 5.75 Å². The Morgan fingerprint density at radius 3 is 2.52 bits per heavy atom. The first-order chi connectivity index (χ1) is 13.0. The molecule has 0 saturated carbocycles. The molecule has 0 bridgehead atoms. The molecule has 2 aromatic carbocycles. The van der Waals surface area contributed by atoms with Gasteiger partial charge >= 0.3 is 0 Å². The van der Waals surface area contributed by atoms with Crippen LogP contribution in [0.4, 0.5) is 0 Å². The molecule has 0 saturated heterocycles. The summed E-state index contributed by atoms with van der Waals surface area (Å²) in [6.45, 7) is 2.90. The molecule has 0 atom stereocenters. The van der Waals surface area contributed by atoms with Crippen LogP contribution in [0.15, 0.2) is 48.5 Å². The molecule has 0 spiro atoms. The van der Waals surface area contributed by atoms with Crippen molar-refractivity contribution in [3.05, 3.63) is 64.7 Å². The standard InChI is InChI=1S/C21H25ClN2O3/c1-16(25)24(15-18-6-8-19(22)9-7-18)13-11-21(26)23-12-10-17-4-3-5-20(14-17)27-2/h3-9,14H,10-13,15H2,1-2H3,(H,23,26). The Bertz CT molecular complexity index is 762. The molecule has 0 unspecified atom stereocenters. The quantitative estimate of drug-likeness (QED) is 0.715. The molecule has 0 aromatic heterocycles. The summed E-state index contributed by atoms with van der Waals surface area (Å²) in [5.74, 6) is 0.674. The van der Waals surface area contributed by atoms with E-state index in [9.17, 15) is 9.59 Å². The molecule has 0 aliphatic carbocycles. The molecule has 6 heteroatoms. The number of methoxy groups -OCH3 is 1. The summed E-state index contributed by atoms with van der Waals surface area (Å²) in [6.07, 6.45) is 0.995. The number of hydrogen-bond donors (Lipinski definition) is 1. The van der Waals surface area contributed by atoms with Crippen molar-refractivity contribution in [2.75, 3.05) is 20.2 Å². The molecule has 27 heavy (non-hydrogen) atoms. The van der Waals surface area contributed by atoms with E-state index in [2.05, 4.69) is 5.32 Å². The van der Waals surface area contributed by atoms with E-state index in [0.29, 0.717) is 24.7 Å². The fraction of sp³-hybridized carbons (Fsp3) is 0.333. The first-order valence-corrected chi connectivity index (χ1v) is 9.25. The Balaban J connectivity index is 1.76. The highest BCUT2D eigenvalue weighted by Gasteiger charge is 2.12. The average Bonchev–Trinajstić information content (AvgIpc) is 2.66. The zero-order valence-electron chi connectivity index (χ0n) is 15.7. The number of rotatable bonds is 9. The lowest BCUT2D eigenvalue weighted by Crippen LogP contribution is -2.34. The zero-order valence-corrected chi connectivity index (χ0v) is 16.5. The zero-order chi connectivity index (χ0) is 19.6. The maximum Gasteiger partial charge on any atom is 0.221 e. The summed E-state index contributed by atoms with van der Waals surface area (Å²) >= 11 is 5.88. The Hall–Kier alpha value is -2.53. The van der Waals surface area contributed by atoms with E-state index in [-0.39, 0.29) is 18.2 Å². The number of nitrogens with one attached hydrogen (secondary N) is 1. The van der Waals surface area contributed by atoms with E-state index in [4.69, 9.17) is 16.3 Å². The van der Waals surface area contributed by atoms with Crippen LogP contribution in [0.2, 0.25) is 5.02 Å². The van der Waals surface area contributed by atoms with Gasteiger partial charge in [-0.25, -0.2) is 0 Å². The average molecular weight is 389 g/mol. The molecule has 1 N–H and O–H groups in total. The second-order valence-corrected chi connectivity index (χ2v) is 6.70. The number of halogens is 1. The maximum atomic E-state index is 12.1. The van der Waals surface area contributed by atoms with Crippen LogP contribution in [0.5, 0.6) is 5.75 Å². The fourth-order valence-corrected chi connectivity index (χ4v) is 2.78. The first kappa shape index (κ1) is 20.8. The van der Waals surface area contributed by atoms with Crippen molar-refractivity contribution in [1.29, 1.82) is 0 Å². The molecule has 2 aromatic rings. The van der Waals surface area contributed by atoms with E-state index >= 15 is 0 Å². The molecule has 0 heterocycles. The highest BCUT2D eigenvalue weighted by atomic mass is 35.5. The number of hydrogen-bond acceptors (Lipinski definition) is 3. The highest BCUT2D eigenvalue weighted by Crippen LogP contribution is 2.13. The van der Waals surface area contributed by atoms with Gasteiger partial charge in [0.15, 0.2) is 0 Å². The number of benzene rings is 2. The van der Waals surface area contributed by atoms with Crippen LogP contribution in [0, 0.1) is 0 Å². The summed E-state index contributed by atoms with van der Waals surface area (Å²) in [6, 6.07) is 15.1. The molecule has 144 valence electrons. The number of carbonyl (C=O) groups excluding carboxylic acids is 2. The highest BCUT2D eigenvalue weighted by molar-refractivity contribution is 6.30. The van der Waals surface area contributed by atoms with E-state index < -0.39 is 0 Å². The summed E-state index contributed by atoms with van der Waals surface area (Å²) in [4.78, 5) is 25.6. The van der Waals surface area contributed by atoms with Crippen molar-refractivity contribution in [3.63, 3.8) is 0 Å². The van der Waals surface area contributed by atoms with Gasteiger partial charge in [0.2, 0.25) is 11.8 Å². The van der Waals surface area contributed by atoms with Gasteiger partial charge in [-0.3, -0.25) is 9.59 Å². The predicted octanol–water partition coefficient (Wildman–Crippen LogP) is 3.45. The molecule has 2 rings (SSSR count). The predicted molar refractivity (Wildman–Crippen MR) is 107 cm³/mol.